The summed E-state index contributed by atoms with van der Waals surface area (Å²) in [6, 6.07) is 7.23. The molecule has 0 aliphatic rings. The van der Waals surface area contributed by atoms with Gasteiger partial charge in [0.25, 0.3) is 5.91 Å². The number of carbonyl (C=O) groups is 1. The molecule has 0 spiro atoms. The van der Waals surface area contributed by atoms with Crippen LogP contribution in [0.4, 0.5) is 0 Å². The minimum absolute atomic E-state index is 0.158. The molecule has 0 bridgehead atoms. The van der Waals surface area contributed by atoms with Crippen molar-refractivity contribution in [2.45, 2.75) is 32.7 Å². The summed E-state index contributed by atoms with van der Waals surface area (Å²) in [6.45, 7) is 3.94. The van der Waals surface area contributed by atoms with E-state index in [9.17, 15) is 4.79 Å². The quantitative estimate of drug-likeness (QED) is 0.890. The van der Waals surface area contributed by atoms with Gasteiger partial charge in [0.05, 0.1) is 6.04 Å². The van der Waals surface area contributed by atoms with Crippen LogP contribution < -0.4 is 5.32 Å². The summed E-state index contributed by atoms with van der Waals surface area (Å²) in [4.78, 5) is 16.2. The topological polar surface area (TPSA) is 70.7 Å². The Hall–Kier alpha value is -1.88. The molecule has 1 unspecified atom stereocenters. The van der Waals surface area contributed by atoms with Crippen LogP contribution in [-0.2, 0) is 6.42 Å². The zero-order chi connectivity index (χ0) is 14.5. The lowest BCUT2D eigenvalue weighted by Crippen LogP contribution is -2.27. The summed E-state index contributed by atoms with van der Waals surface area (Å²) >= 11 is 5.94. The Labute approximate surface area is 122 Å². The second-order valence-electron chi connectivity index (χ2n) is 4.61. The van der Waals surface area contributed by atoms with Gasteiger partial charge in [-0.3, -0.25) is 9.89 Å². The molecule has 0 saturated carbocycles. The molecule has 1 aromatic heterocycles. The van der Waals surface area contributed by atoms with Gasteiger partial charge < -0.3 is 5.32 Å². The van der Waals surface area contributed by atoms with E-state index in [2.05, 4.69) is 20.5 Å². The third-order valence-corrected chi connectivity index (χ3v) is 3.15. The second-order valence-corrected chi connectivity index (χ2v) is 5.04. The first-order valence-electron chi connectivity index (χ1n) is 6.57. The van der Waals surface area contributed by atoms with Crippen LogP contribution in [0.1, 0.15) is 48.3 Å². The first-order chi connectivity index (χ1) is 9.60. The Morgan fingerprint density at radius 1 is 1.50 bits per heavy atom. The number of aromatic nitrogens is 3. The maximum atomic E-state index is 12.0. The molecule has 0 saturated heterocycles. The van der Waals surface area contributed by atoms with Crippen LogP contribution in [0.15, 0.2) is 24.3 Å². The van der Waals surface area contributed by atoms with Gasteiger partial charge in [-0.25, -0.2) is 4.98 Å². The Kier molecular flexibility index (Phi) is 4.74. The molecule has 2 aromatic rings. The molecule has 0 radical (unpaired) electrons. The maximum absolute atomic E-state index is 12.0. The first kappa shape index (κ1) is 14.5. The molecule has 0 aliphatic carbocycles. The number of H-pyrrole nitrogens is 1. The highest BCUT2D eigenvalue weighted by Gasteiger charge is 2.15. The summed E-state index contributed by atoms with van der Waals surface area (Å²) in [7, 11) is 0. The molecule has 2 N–H and O–H groups in total. The van der Waals surface area contributed by atoms with E-state index in [1.807, 2.05) is 32.0 Å². The summed E-state index contributed by atoms with van der Waals surface area (Å²) < 4.78 is 0. The molecule has 5 nitrogen and oxygen atoms in total. The lowest BCUT2D eigenvalue weighted by molar-refractivity contribution is 0.0929. The van der Waals surface area contributed by atoms with Crippen molar-refractivity contribution in [2.75, 3.05) is 0 Å². The molecule has 0 aliphatic heterocycles. The molecule has 2 rings (SSSR count). The van der Waals surface area contributed by atoms with Gasteiger partial charge in [-0.05, 0) is 31.0 Å². The summed E-state index contributed by atoms with van der Waals surface area (Å²) in [6.07, 6.45) is 1.74. The number of aromatic amines is 1. The second kappa shape index (κ2) is 6.52. The Balaban J connectivity index is 2.03. The summed E-state index contributed by atoms with van der Waals surface area (Å²) in [5.74, 6) is 0.603. The first-order valence-corrected chi connectivity index (χ1v) is 6.95. The van der Waals surface area contributed by atoms with Crippen molar-refractivity contribution < 1.29 is 4.79 Å². The van der Waals surface area contributed by atoms with E-state index in [4.69, 9.17) is 11.6 Å². The van der Waals surface area contributed by atoms with E-state index in [1.165, 1.54) is 0 Å². The van der Waals surface area contributed by atoms with E-state index in [-0.39, 0.29) is 17.8 Å². The maximum Gasteiger partial charge on any atom is 0.291 e. The smallest absolute Gasteiger partial charge is 0.291 e. The minimum atomic E-state index is -0.295. The van der Waals surface area contributed by atoms with Crippen molar-refractivity contribution in [1.29, 1.82) is 0 Å². The van der Waals surface area contributed by atoms with Gasteiger partial charge in [-0.1, -0.05) is 30.7 Å². The van der Waals surface area contributed by atoms with E-state index < -0.39 is 0 Å². The van der Waals surface area contributed by atoms with Crippen LogP contribution in [0.3, 0.4) is 0 Å². The van der Waals surface area contributed by atoms with Gasteiger partial charge in [-0.15, -0.1) is 5.10 Å². The Morgan fingerprint density at radius 2 is 2.30 bits per heavy atom. The van der Waals surface area contributed by atoms with E-state index in [1.54, 1.807) is 6.07 Å². The van der Waals surface area contributed by atoms with Gasteiger partial charge in [0.15, 0.2) is 0 Å². The molecule has 6 heteroatoms. The summed E-state index contributed by atoms with van der Waals surface area (Å²) in [5.41, 5.74) is 0.940. The van der Waals surface area contributed by atoms with Crippen LogP contribution in [0.5, 0.6) is 0 Å². The highest BCUT2D eigenvalue weighted by Crippen LogP contribution is 2.17. The average molecular weight is 293 g/mol. The van der Waals surface area contributed by atoms with Crippen LogP contribution in [0.2, 0.25) is 5.02 Å². The van der Waals surface area contributed by atoms with Crippen molar-refractivity contribution in [1.82, 2.24) is 20.5 Å². The SMILES string of the molecule is CCCc1nc(C(=O)NC(C)c2cccc(Cl)c2)n[nH]1. The molecule has 106 valence electrons. The normalized spacial score (nSPS) is 12.2. The minimum Gasteiger partial charge on any atom is -0.343 e. The van der Waals surface area contributed by atoms with E-state index in [0.717, 1.165) is 24.2 Å². The van der Waals surface area contributed by atoms with Crippen molar-refractivity contribution in [3.8, 4) is 0 Å². The number of nitrogens with zero attached hydrogens (tertiary/aromatic N) is 2. The fraction of sp³-hybridized carbons (Fsp3) is 0.357. The van der Waals surface area contributed by atoms with Crippen LogP contribution >= 0.6 is 11.6 Å². The van der Waals surface area contributed by atoms with Crippen molar-refractivity contribution in [2.24, 2.45) is 0 Å². The molecule has 1 atom stereocenters. The van der Waals surface area contributed by atoms with Gasteiger partial charge >= 0.3 is 0 Å². The largest absolute Gasteiger partial charge is 0.343 e. The van der Waals surface area contributed by atoms with Crippen molar-refractivity contribution >= 4 is 17.5 Å². The lowest BCUT2D eigenvalue weighted by atomic mass is 10.1. The fourth-order valence-electron chi connectivity index (χ4n) is 1.87. The van der Waals surface area contributed by atoms with Crippen LogP contribution in [0, 0.1) is 0 Å². The van der Waals surface area contributed by atoms with Gasteiger partial charge in [0.2, 0.25) is 5.82 Å². The zero-order valence-electron chi connectivity index (χ0n) is 11.5. The molecule has 1 amide bonds. The highest BCUT2D eigenvalue weighted by molar-refractivity contribution is 6.30. The molecular weight excluding hydrogens is 276 g/mol. The number of rotatable bonds is 5. The van der Waals surface area contributed by atoms with Gasteiger partial charge in [0, 0.05) is 11.4 Å². The predicted molar refractivity (Wildman–Crippen MR) is 77.7 cm³/mol. The van der Waals surface area contributed by atoms with Crippen LogP contribution in [-0.4, -0.2) is 21.1 Å². The Morgan fingerprint density at radius 3 is 3.00 bits per heavy atom. The number of nitrogens with one attached hydrogen (secondary N) is 2. The zero-order valence-corrected chi connectivity index (χ0v) is 12.2. The number of hydrogen-bond acceptors (Lipinski definition) is 3. The van der Waals surface area contributed by atoms with Crippen molar-refractivity contribution in [3.63, 3.8) is 0 Å². The fourth-order valence-corrected chi connectivity index (χ4v) is 2.06. The van der Waals surface area contributed by atoms with E-state index >= 15 is 0 Å². The average Bonchev–Trinajstić information content (AvgIpc) is 2.88. The number of amides is 1. The number of benzene rings is 1. The molecular formula is C14H17ClN4O. The Bertz CT molecular complexity index is 596. The third-order valence-electron chi connectivity index (χ3n) is 2.92. The standard InChI is InChI=1S/C14H17ClN4O/c1-3-5-12-17-13(19-18-12)14(20)16-9(2)10-6-4-7-11(15)8-10/h4,6-9H,3,5H2,1-2H3,(H,16,20)(H,17,18,19). The number of halogens is 1. The summed E-state index contributed by atoms with van der Waals surface area (Å²) in [5, 5.41) is 10.2. The lowest BCUT2D eigenvalue weighted by Gasteiger charge is -2.13. The molecule has 1 heterocycles. The molecule has 0 fully saturated rings. The number of carbonyl (C=O) groups excluding carboxylic acids is 1. The van der Waals surface area contributed by atoms with Gasteiger partial charge in [-0.2, -0.15) is 0 Å². The van der Waals surface area contributed by atoms with Crippen molar-refractivity contribution in [3.05, 3.63) is 46.5 Å². The monoisotopic (exact) mass is 292 g/mol. The van der Waals surface area contributed by atoms with Crippen LogP contribution in [0.25, 0.3) is 0 Å². The molecule has 1 aromatic carbocycles. The number of aryl methyl sites for hydroxylation is 1. The highest BCUT2D eigenvalue weighted by atomic mass is 35.5. The predicted octanol–water partition coefficient (Wildman–Crippen LogP) is 2.90. The van der Waals surface area contributed by atoms with Gasteiger partial charge in [0.1, 0.15) is 5.82 Å². The number of hydrogen-bond donors (Lipinski definition) is 2. The molecule has 20 heavy (non-hydrogen) atoms. The third kappa shape index (κ3) is 3.57. The van der Waals surface area contributed by atoms with E-state index in [0.29, 0.717) is 5.02 Å².